The van der Waals surface area contributed by atoms with Crippen molar-refractivity contribution in [3.63, 3.8) is 0 Å². The molecule has 0 radical (unpaired) electrons. The van der Waals surface area contributed by atoms with Crippen LogP contribution in [0.15, 0.2) is 46.3 Å². The van der Waals surface area contributed by atoms with Crippen LogP contribution < -0.4 is 4.80 Å². The summed E-state index contributed by atoms with van der Waals surface area (Å²) in [7, 11) is 0. The van der Waals surface area contributed by atoms with E-state index in [0.29, 0.717) is 16.6 Å². The molecule has 0 unspecified atom stereocenters. The molecule has 3 nitrogen and oxygen atoms in total. The van der Waals surface area contributed by atoms with Gasteiger partial charge in [0.15, 0.2) is 0 Å². The van der Waals surface area contributed by atoms with Crippen LogP contribution in [-0.2, 0) is 0 Å². The highest BCUT2D eigenvalue weighted by atomic mass is 35.5. The van der Waals surface area contributed by atoms with E-state index >= 15 is 0 Å². The third kappa shape index (κ3) is 3.77. The lowest BCUT2D eigenvalue weighted by Gasteiger charge is -2.06. The van der Waals surface area contributed by atoms with Gasteiger partial charge >= 0.3 is 0 Å². The predicted octanol–water partition coefficient (Wildman–Crippen LogP) is 5.39. The second kappa shape index (κ2) is 7.47. The Kier molecular flexibility index (Phi) is 5.36. The summed E-state index contributed by atoms with van der Waals surface area (Å²) < 4.78 is 1.92. The molecule has 3 rings (SSSR count). The highest BCUT2D eigenvalue weighted by molar-refractivity contribution is 7.07. The van der Waals surface area contributed by atoms with E-state index in [0.717, 1.165) is 28.9 Å². The monoisotopic (exact) mass is 365 g/mol. The lowest BCUT2D eigenvalue weighted by Crippen LogP contribution is -2.14. The zero-order valence-corrected chi connectivity index (χ0v) is 15.0. The SMILES string of the molecule is C=CCN=c1scc(-c2ccc(Cl)c(Cl)c2)n1N=C1CCCC1. The summed E-state index contributed by atoms with van der Waals surface area (Å²) in [5.41, 5.74) is 3.19. The molecule has 1 fully saturated rings. The van der Waals surface area contributed by atoms with Gasteiger partial charge in [0.2, 0.25) is 4.80 Å². The first kappa shape index (κ1) is 16.5. The Morgan fingerprint density at radius 3 is 2.70 bits per heavy atom. The van der Waals surface area contributed by atoms with Crippen LogP contribution >= 0.6 is 34.5 Å². The van der Waals surface area contributed by atoms with Crippen molar-refractivity contribution in [2.45, 2.75) is 25.7 Å². The van der Waals surface area contributed by atoms with Gasteiger partial charge in [-0.3, -0.25) is 4.99 Å². The normalized spacial score (nSPS) is 15.2. The molecule has 0 spiro atoms. The number of thiazole rings is 1. The lowest BCUT2D eigenvalue weighted by atomic mass is 10.2. The fourth-order valence-corrected chi connectivity index (χ4v) is 3.66. The minimum Gasteiger partial charge on any atom is -0.253 e. The van der Waals surface area contributed by atoms with Gasteiger partial charge < -0.3 is 0 Å². The second-order valence-corrected chi connectivity index (χ2v) is 7.00. The van der Waals surface area contributed by atoms with Gasteiger partial charge in [-0.15, -0.1) is 17.9 Å². The molecule has 23 heavy (non-hydrogen) atoms. The molecule has 0 aliphatic heterocycles. The molecule has 6 heteroatoms. The lowest BCUT2D eigenvalue weighted by molar-refractivity contribution is 0.828. The fourth-order valence-electron chi connectivity index (χ4n) is 2.53. The molecule has 1 saturated carbocycles. The second-order valence-electron chi connectivity index (χ2n) is 5.35. The molecule has 0 amide bonds. The van der Waals surface area contributed by atoms with E-state index in [1.807, 2.05) is 22.9 Å². The van der Waals surface area contributed by atoms with Gasteiger partial charge in [-0.25, -0.2) is 4.68 Å². The molecule has 120 valence electrons. The summed E-state index contributed by atoms with van der Waals surface area (Å²) in [6, 6.07) is 5.64. The van der Waals surface area contributed by atoms with Gasteiger partial charge in [-0.05, 0) is 37.8 Å². The van der Waals surface area contributed by atoms with E-state index in [9.17, 15) is 0 Å². The zero-order valence-electron chi connectivity index (χ0n) is 12.6. The van der Waals surface area contributed by atoms with Gasteiger partial charge in [0.1, 0.15) is 0 Å². The van der Waals surface area contributed by atoms with Gasteiger partial charge in [0, 0.05) is 16.7 Å². The number of benzene rings is 1. The Hall–Kier alpha value is -1.36. The smallest absolute Gasteiger partial charge is 0.206 e. The Morgan fingerprint density at radius 1 is 1.22 bits per heavy atom. The summed E-state index contributed by atoms with van der Waals surface area (Å²) >= 11 is 13.8. The van der Waals surface area contributed by atoms with Gasteiger partial charge in [0.25, 0.3) is 0 Å². The largest absolute Gasteiger partial charge is 0.253 e. The summed E-state index contributed by atoms with van der Waals surface area (Å²) in [4.78, 5) is 5.42. The average Bonchev–Trinajstić information content (AvgIpc) is 3.19. The van der Waals surface area contributed by atoms with Crippen LogP contribution in [0.25, 0.3) is 11.3 Å². The van der Waals surface area contributed by atoms with Crippen molar-refractivity contribution >= 4 is 40.3 Å². The van der Waals surface area contributed by atoms with E-state index in [1.165, 1.54) is 18.6 Å². The molecule has 0 N–H and O–H groups in total. The van der Waals surface area contributed by atoms with Crippen molar-refractivity contribution in [2.24, 2.45) is 10.1 Å². The first-order valence-corrected chi connectivity index (χ1v) is 9.16. The van der Waals surface area contributed by atoms with Crippen LogP contribution in [0.2, 0.25) is 10.0 Å². The molecular weight excluding hydrogens is 349 g/mol. The molecule has 1 aliphatic rings. The summed E-state index contributed by atoms with van der Waals surface area (Å²) in [5.74, 6) is 0. The van der Waals surface area contributed by atoms with Crippen molar-refractivity contribution in [2.75, 3.05) is 6.54 Å². The maximum atomic E-state index is 6.17. The molecule has 1 aliphatic carbocycles. The molecule has 1 aromatic heterocycles. The Bertz CT molecular complexity index is 809. The van der Waals surface area contributed by atoms with E-state index in [2.05, 4.69) is 17.0 Å². The molecular formula is C17H17Cl2N3S. The van der Waals surface area contributed by atoms with Gasteiger partial charge in [-0.2, -0.15) is 5.10 Å². The number of aromatic nitrogens is 1. The van der Waals surface area contributed by atoms with Crippen LogP contribution in [0, 0.1) is 0 Å². The molecule has 1 aromatic carbocycles. The third-order valence-corrected chi connectivity index (χ3v) is 5.27. The Balaban J connectivity index is 2.12. The highest BCUT2D eigenvalue weighted by Crippen LogP contribution is 2.29. The Morgan fingerprint density at radius 2 is 2.00 bits per heavy atom. The molecule has 2 aromatic rings. The standard InChI is InChI=1S/C17H17Cl2N3S/c1-2-9-20-17-22(21-13-5-3-4-6-13)16(11-23-17)12-7-8-14(18)15(19)10-12/h2,7-8,10-11H,1,3-6,9H2. The van der Waals surface area contributed by atoms with Crippen molar-refractivity contribution in [3.8, 4) is 11.3 Å². The van der Waals surface area contributed by atoms with Crippen LogP contribution in [0.4, 0.5) is 0 Å². The van der Waals surface area contributed by atoms with Gasteiger partial charge in [-0.1, -0.05) is 35.3 Å². The molecule has 1 heterocycles. The minimum atomic E-state index is 0.542. The maximum Gasteiger partial charge on any atom is 0.206 e. The first-order chi connectivity index (χ1) is 11.2. The highest BCUT2D eigenvalue weighted by Gasteiger charge is 2.13. The summed E-state index contributed by atoms with van der Waals surface area (Å²) in [5, 5.41) is 7.99. The number of halogens is 2. The van der Waals surface area contributed by atoms with Crippen LogP contribution in [0.3, 0.4) is 0 Å². The van der Waals surface area contributed by atoms with Crippen molar-refractivity contribution in [1.29, 1.82) is 0 Å². The predicted molar refractivity (Wildman–Crippen MR) is 99.7 cm³/mol. The molecule has 0 atom stereocenters. The number of rotatable bonds is 4. The number of nitrogens with zero attached hydrogens (tertiary/aromatic N) is 3. The molecule has 0 bridgehead atoms. The zero-order chi connectivity index (χ0) is 16.2. The van der Waals surface area contributed by atoms with Crippen LogP contribution in [0.5, 0.6) is 0 Å². The van der Waals surface area contributed by atoms with Crippen molar-refractivity contribution in [3.05, 3.63) is 51.1 Å². The van der Waals surface area contributed by atoms with Crippen LogP contribution in [-0.4, -0.2) is 16.9 Å². The third-order valence-electron chi connectivity index (χ3n) is 3.68. The molecule has 0 saturated heterocycles. The summed E-state index contributed by atoms with van der Waals surface area (Å²) in [6.45, 7) is 4.30. The maximum absolute atomic E-state index is 6.17. The Labute approximate surface area is 149 Å². The van der Waals surface area contributed by atoms with Gasteiger partial charge in [0.05, 0.1) is 22.3 Å². The summed E-state index contributed by atoms with van der Waals surface area (Å²) in [6.07, 6.45) is 6.33. The minimum absolute atomic E-state index is 0.542. The van der Waals surface area contributed by atoms with E-state index < -0.39 is 0 Å². The first-order valence-electron chi connectivity index (χ1n) is 7.53. The van der Waals surface area contributed by atoms with E-state index in [4.69, 9.17) is 28.3 Å². The van der Waals surface area contributed by atoms with Crippen molar-refractivity contribution in [1.82, 2.24) is 4.68 Å². The number of hydrogen-bond acceptors (Lipinski definition) is 3. The van der Waals surface area contributed by atoms with Crippen LogP contribution in [0.1, 0.15) is 25.7 Å². The van der Waals surface area contributed by atoms with E-state index in [1.54, 1.807) is 17.4 Å². The van der Waals surface area contributed by atoms with E-state index in [-0.39, 0.29) is 0 Å². The average molecular weight is 366 g/mol. The topological polar surface area (TPSA) is 29.6 Å². The number of hydrogen-bond donors (Lipinski definition) is 0. The van der Waals surface area contributed by atoms with Crippen molar-refractivity contribution < 1.29 is 0 Å². The fraction of sp³-hybridized carbons (Fsp3) is 0.294. The quantitative estimate of drug-likeness (QED) is 0.650.